The summed E-state index contributed by atoms with van der Waals surface area (Å²) in [6, 6.07) is 7.33. The molecule has 0 unspecified atom stereocenters. The molecule has 0 aliphatic heterocycles. The van der Waals surface area contributed by atoms with Gasteiger partial charge in [-0.2, -0.15) is 0 Å². The van der Waals surface area contributed by atoms with Crippen molar-refractivity contribution in [3.05, 3.63) is 63.2 Å². The lowest BCUT2D eigenvalue weighted by Crippen LogP contribution is -2.24. The van der Waals surface area contributed by atoms with E-state index in [1.807, 2.05) is 53.7 Å². The third kappa shape index (κ3) is 9.15. The van der Waals surface area contributed by atoms with Crippen LogP contribution in [-0.2, 0) is 21.7 Å². The average Bonchev–Trinajstić information content (AvgIpc) is 2.79. The first kappa shape index (κ1) is 34.3. The fourth-order valence-electron chi connectivity index (χ4n) is 4.55. The van der Waals surface area contributed by atoms with Gasteiger partial charge in [0.2, 0.25) is 0 Å². The molecule has 2 aromatic rings. The molecule has 0 aromatic heterocycles. The van der Waals surface area contributed by atoms with E-state index in [1.54, 1.807) is 12.1 Å². The minimum atomic E-state index is -0.177. The second-order valence-corrected chi connectivity index (χ2v) is 14.7. The number of aromatic hydroxyl groups is 1. The quantitative estimate of drug-likeness (QED) is 0.295. The Hall–Kier alpha value is -2.75. The minimum absolute atomic E-state index is 0.170. The number of ketones is 1. The Morgan fingerprint density at radius 2 is 0.949 bits per heavy atom. The lowest BCUT2D eigenvalue weighted by atomic mass is 9.74. The van der Waals surface area contributed by atoms with Crippen molar-refractivity contribution in [2.45, 2.75) is 131 Å². The SMILES string of the molecule is CC(C)(C)c1cc(C=O)cc(C(C)(C)C)c1O.CCCCC(=O)c1c(C(C)(C)C)cc(C=O)cc1C(C)(C)C. The highest BCUT2D eigenvalue weighted by atomic mass is 16.3. The fraction of sp³-hybridized carbons (Fsp3) is 0.571. The number of benzene rings is 2. The van der Waals surface area contributed by atoms with Gasteiger partial charge in [0.15, 0.2) is 5.78 Å². The standard InChI is InChI=1S/C20H30O2.C15H22O2/c1-8-9-10-17(22)18-15(19(2,3)4)11-14(13-21)12-16(18)20(5,6)7;1-14(2,3)11-7-10(9-16)8-12(13(11)17)15(4,5)6/h11-13H,8-10H2,1-7H3;7-9,17H,1-6H3. The van der Waals surface area contributed by atoms with Crippen LogP contribution in [0.25, 0.3) is 0 Å². The third-order valence-electron chi connectivity index (χ3n) is 6.83. The highest BCUT2D eigenvalue weighted by Gasteiger charge is 2.30. The molecule has 0 saturated carbocycles. The maximum absolute atomic E-state index is 12.8. The predicted molar refractivity (Wildman–Crippen MR) is 164 cm³/mol. The van der Waals surface area contributed by atoms with Crippen molar-refractivity contribution in [2.24, 2.45) is 0 Å². The van der Waals surface area contributed by atoms with Crippen LogP contribution in [-0.4, -0.2) is 23.5 Å². The summed E-state index contributed by atoms with van der Waals surface area (Å²) in [5, 5.41) is 10.4. The normalized spacial score (nSPS) is 12.4. The summed E-state index contributed by atoms with van der Waals surface area (Å²) in [6.07, 6.45) is 4.20. The zero-order valence-electron chi connectivity index (χ0n) is 26.8. The Balaban J connectivity index is 0.000000403. The maximum Gasteiger partial charge on any atom is 0.163 e. The molecule has 0 heterocycles. The van der Waals surface area contributed by atoms with Crippen LogP contribution in [0.15, 0.2) is 24.3 Å². The molecule has 1 N–H and O–H groups in total. The van der Waals surface area contributed by atoms with Crippen molar-refractivity contribution < 1.29 is 19.5 Å². The average molecular weight is 537 g/mol. The monoisotopic (exact) mass is 536 g/mol. The van der Waals surface area contributed by atoms with Crippen LogP contribution in [0.1, 0.15) is 163 Å². The van der Waals surface area contributed by atoms with E-state index in [0.29, 0.717) is 23.3 Å². The molecule has 4 heteroatoms. The van der Waals surface area contributed by atoms with Gasteiger partial charge in [0.25, 0.3) is 0 Å². The number of hydrogen-bond donors (Lipinski definition) is 1. The van der Waals surface area contributed by atoms with E-state index >= 15 is 0 Å². The summed E-state index contributed by atoms with van der Waals surface area (Å²) in [7, 11) is 0. The van der Waals surface area contributed by atoms with Crippen LogP contribution >= 0.6 is 0 Å². The van der Waals surface area contributed by atoms with E-state index in [2.05, 4.69) is 48.5 Å². The van der Waals surface area contributed by atoms with E-state index in [0.717, 1.165) is 53.2 Å². The lowest BCUT2D eigenvalue weighted by Gasteiger charge is -2.30. The molecular formula is C35H52O4. The van der Waals surface area contributed by atoms with Crippen LogP contribution in [0.5, 0.6) is 5.75 Å². The largest absolute Gasteiger partial charge is 0.507 e. The van der Waals surface area contributed by atoms with Gasteiger partial charge in [-0.05, 0) is 63.5 Å². The fourth-order valence-corrected chi connectivity index (χ4v) is 4.55. The molecule has 0 aliphatic carbocycles. The minimum Gasteiger partial charge on any atom is -0.507 e. The van der Waals surface area contributed by atoms with Crippen molar-refractivity contribution in [2.75, 3.05) is 0 Å². The Labute approximate surface area is 237 Å². The van der Waals surface area contributed by atoms with Crippen LogP contribution < -0.4 is 0 Å². The number of phenolic OH excluding ortho intramolecular Hbond substituents is 1. The van der Waals surface area contributed by atoms with Gasteiger partial charge in [-0.15, -0.1) is 0 Å². The first-order chi connectivity index (χ1) is 17.6. The number of rotatable bonds is 6. The smallest absolute Gasteiger partial charge is 0.163 e. The number of carbonyl (C=O) groups is 3. The first-order valence-corrected chi connectivity index (χ1v) is 14.1. The van der Waals surface area contributed by atoms with Gasteiger partial charge >= 0.3 is 0 Å². The third-order valence-corrected chi connectivity index (χ3v) is 6.83. The van der Waals surface area contributed by atoms with Gasteiger partial charge in [-0.1, -0.05) is 96.4 Å². The topological polar surface area (TPSA) is 71.4 Å². The molecule has 0 fully saturated rings. The van der Waals surface area contributed by atoms with Crippen LogP contribution in [0, 0.1) is 0 Å². The molecule has 0 saturated heterocycles. The molecule has 2 aromatic carbocycles. The maximum atomic E-state index is 12.8. The highest BCUT2D eigenvalue weighted by Crippen LogP contribution is 2.39. The van der Waals surface area contributed by atoms with Gasteiger partial charge in [0.1, 0.15) is 18.3 Å². The summed E-state index contributed by atoms with van der Waals surface area (Å²) < 4.78 is 0. The molecule has 0 atom stereocenters. The lowest BCUT2D eigenvalue weighted by molar-refractivity contribution is 0.0974. The molecular weight excluding hydrogens is 484 g/mol. The van der Waals surface area contributed by atoms with Gasteiger partial charge in [0.05, 0.1) is 0 Å². The van der Waals surface area contributed by atoms with E-state index < -0.39 is 0 Å². The Morgan fingerprint density at radius 1 is 0.641 bits per heavy atom. The summed E-state index contributed by atoms with van der Waals surface area (Å²) in [5.74, 6) is 0.518. The van der Waals surface area contributed by atoms with Crippen LogP contribution in [0.4, 0.5) is 0 Å². The van der Waals surface area contributed by atoms with Crippen molar-refractivity contribution in [1.82, 2.24) is 0 Å². The van der Waals surface area contributed by atoms with Gasteiger partial charge in [-0.3, -0.25) is 14.4 Å². The molecule has 216 valence electrons. The number of Topliss-reactive ketones (excluding diaryl/α,β-unsaturated/α-hetero) is 1. The second-order valence-electron chi connectivity index (χ2n) is 14.7. The Bertz CT molecular complexity index is 1100. The molecule has 0 spiro atoms. The van der Waals surface area contributed by atoms with Gasteiger partial charge in [-0.25, -0.2) is 0 Å². The Kier molecular flexibility index (Phi) is 11.1. The molecule has 0 radical (unpaired) electrons. The molecule has 2 rings (SSSR count). The second kappa shape index (κ2) is 12.6. The number of carbonyl (C=O) groups excluding carboxylic acids is 3. The molecule has 0 aliphatic rings. The van der Waals surface area contributed by atoms with Gasteiger partial charge in [0, 0.05) is 34.2 Å². The summed E-state index contributed by atoms with van der Waals surface area (Å²) >= 11 is 0. The van der Waals surface area contributed by atoms with Crippen molar-refractivity contribution in [3.63, 3.8) is 0 Å². The van der Waals surface area contributed by atoms with E-state index in [1.165, 1.54) is 0 Å². The summed E-state index contributed by atoms with van der Waals surface area (Å²) in [4.78, 5) is 35.2. The first-order valence-electron chi connectivity index (χ1n) is 14.1. The van der Waals surface area contributed by atoms with E-state index in [4.69, 9.17) is 0 Å². The van der Waals surface area contributed by atoms with Crippen LogP contribution in [0.2, 0.25) is 0 Å². The van der Waals surface area contributed by atoms with E-state index in [9.17, 15) is 19.5 Å². The van der Waals surface area contributed by atoms with Gasteiger partial charge < -0.3 is 5.11 Å². The summed E-state index contributed by atoms with van der Waals surface area (Å²) in [6.45, 7) is 26.9. The van der Waals surface area contributed by atoms with Crippen molar-refractivity contribution in [1.29, 1.82) is 0 Å². The zero-order chi connectivity index (χ0) is 30.6. The number of hydrogen-bond acceptors (Lipinski definition) is 4. The number of aldehydes is 2. The molecule has 4 nitrogen and oxygen atoms in total. The zero-order valence-corrected chi connectivity index (χ0v) is 26.8. The Morgan fingerprint density at radius 3 is 1.21 bits per heavy atom. The van der Waals surface area contributed by atoms with Crippen molar-refractivity contribution in [3.8, 4) is 5.75 Å². The predicted octanol–water partition coefficient (Wildman–Crippen LogP) is 9.27. The van der Waals surface area contributed by atoms with E-state index in [-0.39, 0.29) is 27.4 Å². The highest BCUT2D eigenvalue weighted by molar-refractivity contribution is 6.00. The molecule has 0 amide bonds. The summed E-state index contributed by atoms with van der Waals surface area (Å²) in [5.41, 5.74) is 5.04. The molecule has 0 bridgehead atoms. The number of unbranched alkanes of at least 4 members (excludes halogenated alkanes) is 1. The molecule has 39 heavy (non-hydrogen) atoms. The van der Waals surface area contributed by atoms with Crippen molar-refractivity contribution >= 4 is 18.4 Å². The number of phenols is 1. The van der Waals surface area contributed by atoms with Crippen LogP contribution in [0.3, 0.4) is 0 Å².